The van der Waals surface area contributed by atoms with E-state index in [-0.39, 0.29) is 5.91 Å². The maximum absolute atomic E-state index is 12.1. The SMILES string of the molecule is CC[C@@H]1CCCN(c2c(Br)cnc3[nH]cc(NC(=O)CCOC)c23)C1. The number of piperidine rings is 1. The molecule has 2 N–H and O–H groups in total. The molecule has 1 aliphatic heterocycles. The van der Waals surface area contributed by atoms with Gasteiger partial charge in [-0.2, -0.15) is 0 Å². The lowest BCUT2D eigenvalue weighted by molar-refractivity contribution is -0.117. The zero-order valence-corrected chi connectivity index (χ0v) is 16.4. The highest BCUT2D eigenvalue weighted by molar-refractivity contribution is 9.10. The normalized spacial score (nSPS) is 17.9. The minimum absolute atomic E-state index is 0.0567. The molecular weight excluding hydrogens is 384 g/mol. The van der Waals surface area contributed by atoms with Gasteiger partial charge in [-0.25, -0.2) is 4.98 Å². The first-order chi connectivity index (χ1) is 12.1. The predicted octanol–water partition coefficient (Wildman–Crippen LogP) is 3.93. The summed E-state index contributed by atoms with van der Waals surface area (Å²) in [5, 5.41) is 3.96. The summed E-state index contributed by atoms with van der Waals surface area (Å²) in [4.78, 5) is 22.2. The molecular formula is C18H25BrN4O2. The number of rotatable bonds is 6. The topological polar surface area (TPSA) is 70.2 Å². The zero-order valence-electron chi connectivity index (χ0n) is 14.8. The van der Waals surface area contributed by atoms with Crippen molar-refractivity contribution in [1.82, 2.24) is 9.97 Å². The molecule has 6 nitrogen and oxygen atoms in total. The molecule has 1 amide bonds. The van der Waals surface area contributed by atoms with Crippen LogP contribution in [-0.4, -0.2) is 42.7 Å². The number of ether oxygens (including phenoxy) is 1. The fraction of sp³-hybridized carbons (Fsp3) is 0.556. The first-order valence-electron chi connectivity index (χ1n) is 8.83. The third-order valence-electron chi connectivity index (χ3n) is 4.85. The van der Waals surface area contributed by atoms with Crippen molar-refractivity contribution in [2.45, 2.75) is 32.6 Å². The van der Waals surface area contributed by atoms with Crippen LogP contribution in [-0.2, 0) is 9.53 Å². The Morgan fingerprint density at radius 3 is 3.16 bits per heavy atom. The Bertz CT molecular complexity index is 746. The summed E-state index contributed by atoms with van der Waals surface area (Å²) >= 11 is 3.67. The van der Waals surface area contributed by atoms with E-state index >= 15 is 0 Å². The molecule has 3 heterocycles. The second-order valence-electron chi connectivity index (χ2n) is 6.53. The number of aromatic amines is 1. The summed E-state index contributed by atoms with van der Waals surface area (Å²) in [5.74, 6) is 0.654. The average molecular weight is 409 g/mol. The van der Waals surface area contributed by atoms with Crippen molar-refractivity contribution in [2.75, 3.05) is 37.0 Å². The largest absolute Gasteiger partial charge is 0.384 e. The van der Waals surface area contributed by atoms with Crippen molar-refractivity contribution in [3.05, 3.63) is 16.9 Å². The molecule has 1 fully saturated rings. The summed E-state index contributed by atoms with van der Waals surface area (Å²) in [7, 11) is 1.60. The number of anilines is 2. The Morgan fingerprint density at radius 1 is 1.56 bits per heavy atom. The van der Waals surface area contributed by atoms with Crippen molar-refractivity contribution in [2.24, 2.45) is 5.92 Å². The molecule has 25 heavy (non-hydrogen) atoms. The number of aromatic nitrogens is 2. The van der Waals surface area contributed by atoms with Crippen LogP contribution in [0.5, 0.6) is 0 Å². The maximum atomic E-state index is 12.1. The number of nitrogens with one attached hydrogen (secondary N) is 2. The molecule has 0 unspecified atom stereocenters. The van der Waals surface area contributed by atoms with E-state index in [0.29, 0.717) is 18.9 Å². The molecule has 3 rings (SSSR count). The van der Waals surface area contributed by atoms with Crippen LogP contribution in [0.2, 0.25) is 0 Å². The number of amides is 1. The van der Waals surface area contributed by atoms with Crippen LogP contribution in [0.25, 0.3) is 11.0 Å². The fourth-order valence-electron chi connectivity index (χ4n) is 3.47. The van der Waals surface area contributed by atoms with Crippen molar-refractivity contribution >= 4 is 44.2 Å². The molecule has 1 atom stereocenters. The second-order valence-corrected chi connectivity index (χ2v) is 7.39. The number of H-pyrrole nitrogens is 1. The third kappa shape index (κ3) is 3.98. The van der Waals surface area contributed by atoms with Gasteiger partial charge in [-0.1, -0.05) is 13.3 Å². The summed E-state index contributed by atoms with van der Waals surface area (Å²) in [6.45, 7) is 4.73. The van der Waals surface area contributed by atoms with E-state index in [1.807, 2.05) is 12.4 Å². The van der Waals surface area contributed by atoms with Gasteiger partial charge in [0.25, 0.3) is 0 Å². The molecule has 0 bridgehead atoms. The lowest BCUT2D eigenvalue weighted by Crippen LogP contribution is -2.35. The number of hydrogen-bond donors (Lipinski definition) is 2. The van der Waals surface area contributed by atoms with Crippen LogP contribution in [0.3, 0.4) is 0 Å². The summed E-state index contributed by atoms with van der Waals surface area (Å²) in [6.07, 6.45) is 7.65. The minimum Gasteiger partial charge on any atom is -0.384 e. The van der Waals surface area contributed by atoms with E-state index in [4.69, 9.17) is 4.74 Å². The molecule has 7 heteroatoms. The summed E-state index contributed by atoms with van der Waals surface area (Å²) < 4.78 is 5.95. The summed E-state index contributed by atoms with van der Waals surface area (Å²) in [5.41, 5.74) is 2.68. The molecule has 0 saturated carbocycles. The molecule has 0 spiro atoms. The monoisotopic (exact) mass is 408 g/mol. The van der Waals surface area contributed by atoms with Crippen LogP contribution >= 0.6 is 15.9 Å². The first kappa shape index (κ1) is 18.2. The fourth-order valence-corrected chi connectivity index (χ4v) is 4.02. The number of halogens is 1. The quantitative estimate of drug-likeness (QED) is 0.759. The Kier molecular flexibility index (Phi) is 5.96. The lowest BCUT2D eigenvalue weighted by atomic mass is 9.95. The Balaban J connectivity index is 1.95. The van der Waals surface area contributed by atoms with E-state index in [9.17, 15) is 4.79 Å². The lowest BCUT2D eigenvalue weighted by Gasteiger charge is -2.35. The number of fused-ring (bicyclic) bond motifs is 1. The van der Waals surface area contributed by atoms with Crippen molar-refractivity contribution in [1.29, 1.82) is 0 Å². The summed E-state index contributed by atoms with van der Waals surface area (Å²) in [6, 6.07) is 0. The van der Waals surface area contributed by atoms with E-state index in [2.05, 4.69) is 43.0 Å². The van der Waals surface area contributed by atoms with Gasteiger partial charge in [-0.15, -0.1) is 0 Å². The third-order valence-corrected chi connectivity index (χ3v) is 5.43. The van der Waals surface area contributed by atoms with E-state index in [0.717, 1.165) is 40.0 Å². The van der Waals surface area contributed by atoms with Gasteiger partial charge in [0.15, 0.2) is 0 Å². The van der Waals surface area contributed by atoms with Crippen molar-refractivity contribution < 1.29 is 9.53 Å². The van der Waals surface area contributed by atoms with E-state index in [1.54, 1.807) is 7.11 Å². The molecule has 2 aromatic heterocycles. The van der Waals surface area contributed by atoms with Crippen LogP contribution < -0.4 is 10.2 Å². The van der Waals surface area contributed by atoms with E-state index < -0.39 is 0 Å². The molecule has 136 valence electrons. The van der Waals surface area contributed by atoms with Crippen LogP contribution in [0, 0.1) is 5.92 Å². The highest BCUT2D eigenvalue weighted by Crippen LogP contribution is 2.39. The Hall–Kier alpha value is -1.60. The average Bonchev–Trinajstić information content (AvgIpc) is 3.02. The number of hydrogen-bond acceptors (Lipinski definition) is 4. The Morgan fingerprint density at radius 2 is 2.40 bits per heavy atom. The molecule has 0 aliphatic carbocycles. The second kappa shape index (κ2) is 8.19. The Labute approximate surface area is 156 Å². The highest BCUT2D eigenvalue weighted by atomic mass is 79.9. The number of carbonyl (C=O) groups is 1. The predicted molar refractivity (Wildman–Crippen MR) is 104 cm³/mol. The van der Waals surface area contributed by atoms with Gasteiger partial charge in [-0.05, 0) is 34.7 Å². The van der Waals surface area contributed by atoms with Gasteiger partial charge < -0.3 is 19.9 Å². The molecule has 0 aromatic carbocycles. The van der Waals surface area contributed by atoms with Gasteiger partial charge in [0.2, 0.25) is 5.91 Å². The smallest absolute Gasteiger partial charge is 0.226 e. The van der Waals surface area contributed by atoms with Gasteiger partial charge in [0, 0.05) is 32.6 Å². The van der Waals surface area contributed by atoms with Crippen molar-refractivity contribution in [3.63, 3.8) is 0 Å². The number of methoxy groups -OCH3 is 1. The molecule has 0 radical (unpaired) electrons. The molecule has 1 saturated heterocycles. The van der Waals surface area contributed by atoms with E-state index in [1.165, 1.54) is 19.3 Å². The van der Waals surface area contributed by atoms with Crippen molar-refractivity contribution in [3.8, 4) is 0 Å². The van der Waals surface area contributed by atoms with Crippen LogP contribution in [0.15, 0.2) is 16.9 Å². The van der Waals surface area contributed by atoms with Gasteiger partial charge in [0.1, 0.15) is 5.65 Å². The number of nitrogens with zero attached hydrogens (tertiary/aromatic N) is 2. The molecule has 2 aromatic rings. The number of carbonyl (C=O) groups excluding carboxylic acids is 1. The number of pyridine rings is 1. The van der Waals surface area contributed by atoms with Gasteiger partial charge in [0.05, 0.1) is 34.3 Å². The van der Waals surface area contributed by atoms with Crippen LogP contribution in [0.4, 0.5) is 11.4 Å². The minimum atomic E-state index is -0.0567. The van der Waals surface area contributed by atoms with Gasteiger partial charge >= 0.3 is 0 Å². The van der Waals surface area contributed by atoms with Gasteiger partial charge in [-0.3, -0.25) is 4.79 Å². The van der Waals surface area contributed by atoms with Crippen LogP contribution in [0.1, 0.15) is 32.6 Å². The standard InChI is InChI=1S/C18H25BrN4O2/c1-3-12-5-4-7-23(11-12)17-13(19)9-20-18-16(17)14(10-21-18)22-15(24)6-8-25-2/h9-10,12H,3-8,11H2,1-2H3,(H,20,21)(H,22,24)/t12-/m1/s1. The zero-order chi connectivity index (χ0) is 17.8. The maximum Gasteiger partial charge on any atom is 0.226 e. The first-order valence-corrected chi connectivity index (χ1v) is 9.62. The molecule has 1 aliphatic rings. The highest BCUT2D eigenvalue weighted by Gasteiger charge is 2.24.